The van der Waals surface area contributed by atoms with Crippen LogP contribution in [0.15, 0.2) is 41.9 Å². The third-order valence-corrected chi connectivity index (χ3v) is 14.3. The first kappa shape index (κ1) is 43.9. The van der Waals surface area contributed by atoms with Crippen LogP contribution in [-0.2, 0) is 43.2 Å². The minimum absolute atomic E-state index is 0.0581. The number of aryl methyl sites for hydroxylation is 1. The number of hydrogen-bond acceptors (Lipinski definition) is 10. The molecule has 4 atom stereocenters. The molecule has 6 heterocycles. The number of aldehydes is 1. The van der Waals surface area contributed by atoms with E-state index in [-0.39, 0.29) is 47.8 Å². The molecule has 6 bridgehead atoms. The van der Waals surface area contributed by atoms with Crippen molar-refractivity contribution in [1.82, 2.24) is 40.1 Å². The molecule has 15 heteroatoms. The highest BCUT2D eigenvalue weighted by Gasteiger charge is 2.55. The summed E-state index contributed by atoms with van der Waals surface area (Å²) in [5.41, 5.74) is 8.91. The van der Waals surface area contributed by atoms with E-state index in [0.717, 1.165) is 83.4 Å². The average Bonchev–Trinajstić information content (AvgIpc) is 3.83. The number of thiazole rings is 1. The summed E-state index contributed by atoms with van der Waals surface area (Å²) in [7, 11) is 3.37. The third kappa shape index (κ3) is 8.40. The summed E-state index contributed by atoms with van der Waals surface area (Å²) in [5.74, 6) is -1.02. The van der Waals surface area contributed by atoms with E-state index in [0.29, 0.717) is 37.4 Å². The van der Waals surface area contributed by atoms with Crippen molar-refractivity contribution >= 4 is 46.4 Å². The van der Waals surface area contributed by atoms with Crippen LogP contribution in [0.4, 0.5) is 4.79 Å². The van der Waals surface area contributed by atoms with Gasteiger partial charge < -0.3 is 34.0 Å². The zero-order chi connectivity index (χ0) is 44.1. The van der Waals surface area contributed by atoms with Gasteiger partial charge in [-0.3, -0.25) is 19.6 Å². The van der Waals surface area contributed by atoms with E-state index >= 15 is 0 Å². The number of pyridine rings is 1. The maximum absolute atomic E-state index is 14.7. The number of fused-ring (bicyclic) bond motifs is 6. The first-order chi connectivity index (χ1) is 29.6. The molecule has 3 aromatic heterocycles. The molecular weight excluding hydrogens is 805 g/mol. The Labute approximate surface area is 368 Å². The van der Waals surface area contributed by atoms with Gasteiger partial charge in [0.2, 0.25) is 5.91 Å². The predicted molar refractivity (Wildman–Crippen MR) is 239 cm³/mol. The van der Waals surface area contributed by atoms with Gasteiger partial charge in [-0.15, -0.1) is 11.3 Å². The lowest BCUT2D eigenvalue weighted by Gasteiger charge is -2.44. The predicted octanol–water partition coefficient (Wildman–Crippen LogP) is 6.42. The van der Waals surface area contributed by atoms with E-state index < -0.39 is 23.5 Å². The smallest absolute Gasteiger partial charge is 0.320 e. The van der Waals surface area contributed by atoms with Crippen LogP contribution in [0.25, 0.3) is 33.4 Å². The van der Waals surface area contributed by atoms with Crippen molar-refractivity contribution in [3.05, 3.63) is 58.2 Å². The highest BCUT2D eigenvalue weighted by atomic mass is 32.1. The molecule has 2 N–H and O–H groups in total. The fraction of sp³-hybridized carbons (Fsp3) is 0.574. The Morgan fingerprint density at radius 3 is 2.61 bits per heavy atom. The molecule has 3 fully saturated rings. The molecule has 4 aliphatic rings. The summed E-state index contributed by atoms with van der Waals surface area (Å²) < 4.78 is 14.7. The number of nitrogens with zero attached hydrogens (tertiary/aromatic N) is 6. The first-order valence-electron chi connectivity index (χ1n) is 22.1. The fourth-order valence-corrected chi connectivity index (χ4v) is 10.7. The Kier molecular flexibility index (Phi) is 12.1. The van der Waals surface area contributed by atoms with E-state index in [2.05, 4.69) is 60.3 Å². The molecule has 0 unspecified atom stereocenters. The maximum Gasteiger partial charge on any atom is 0.320 e. The molecule has 8 rings (SSSR count). The molecule has 4 amide bonds. The second kappa shape index (κ2) is 17.1. The molecule has 1 spiro atoms. The Bertz CT molecular complexity index is 2340. The number of likely N-dealkylation sites (tertiary alicyclic amines) is 1. The maximum atomic E-state index is 14.7. The van der Waals surface area contributed by atoms with Crippen LogP contribution in [-0.4, -0.2) is 118 Å². The Balaban J connectivity index is 1.19. The summed E-state index contributed by atoms with van der Waals surface area (Å²) >= 11 is 1.44. The molecule has 2 saturated heterocycles. The molecule has 1 aromatic carbocycles. The number of hydrogen-bond donors (Lipinski definition) is 2. The molecular formula is C47H62N8O6S. The Morgan fingerprint density at radius 1 is 1.15 bits per heavy atom. The number of rotatable bonds is 9. The van der Waals surface area contributed by atoms with Crippen LogP contribution < -0.4 is 10.7 Å². The molecule has 3 aliphatic heterocycles. The highest BCUT2D eigenvalue weighted by molar-refractivity contribution is 7.10. The molecule has 1 aliphatic carbocycles. The van der Waals surface area contributed by atoms with Gasteiger partial charge in [-0.2, -0.15) is 0 Å². The lowest BCUT2D eigenvalue weighted by Crippen LogP contribution is -2.67. The van der Waals surface area contributed by atoms with E-state index in [1.807, 2.05) is 43.3 Å². The zero-order valence-corrected chi connectivity index (χ0v) is 38.3. The minimum atomic E-state index is -1.15. The summed E-state index contributed by atoms with van der Waals surface area (Å²) in [5, 5.41) is 8.31. The summed E-state index contributed by atoms with van der Waals surface area (Å²) in [4.78, 5) is 68.9. The number of carbonyl (C=O) groups excluding carboxylic acids is 4. The lowest BCUT2D eigenvalue weighted by molar-refractivity contribution is -0.147. The standard InChI is InChI=1S/C47H62N8O6S/c1-9-54-37-14-13-31-20-33(37)34(41(54)32-12-10-18-48-39(32)30(4)60-8)22-45(5,6)27-61-28-47(26-56)15-11-19-55(51-47)43(58)35(21-38-49-36(31)23-62-38)50-42(57)40(29(2)3)52(7)44(59)53-24-46(25-53)16-17-46/h10,12-14,18,20,23,26,29-30,35,40,51H,9,11,15-17,19,21-22,24-25,27-28H2,1-8H3,(H,50,57)/t30-,35-,40-,47-/m0/s1. The van der Waals surface area contributed by atoms with Gasteiger partial charge in [0.05, 0.1) is 41.4 Å². The topological polar surface area (TPSA) is 151 Å². The van der Waals surface area contributed by atoms with E-state index in [1.54, 1.807) is 14.2 Å². The van der Waals surface area contributed by atoms with Crippen LogP contribution in [0.3, 0.4) is 0 Å². The van der Waals surface area contributed by atoms with Crippen molar-refractivity contribution < 1.29 is 28.7 Å². The SMILES string of the molecule is CCn1c(-c2cccnc2[C@H](C)OC)c2c3cc(ccc31)-c1csc(n1)C[C@H](NC(=O)[C@H](C(C)C)N(C)C(=O)N1CC3(CC3)C1)C(=O)N1CCC[C@](C=O)(COCC(C)(C)C2)N1. The Morgan fingerprint density at radius 2 is 1.92 bits per heavy atom. The number of aromatic nitrogens is 3. The molecule has 4 aromatic rings. The van der Waals surface area contributed by atoms with Gasteiger partial charge in [0.1, 0.15) is 23.9 Å². The molecule has 0 radical (unpaired) electrons. The number of ether oxygens (including phenoxy) is 2. The van der Waals surface area contributed by atoms with Gasteiger partial charge in [-0.05, 0) is 87.1 Å². The second-order valence-electron chi connectivity index (χ2n) is 19.3. The molecule has 1 saturated carbocycles. The van der Waals surface area contributed by atoms with E-state index in [9.17, 15) is 19.2 Å². The number of urea groups is 1. The summed E-state index contributed by atoms with van der Waals surface area (Å²) in [6.45, 7) is 15.3. The van der Waals surface area contributed by atoms with Gasteiger partial charge in [0.25, 0.3) is 5.91 Å². The summed E-state index contributed by atoms with van der Waals surface area (Å²) in [6.07, 6.45) is 6.53. The number of likely N-dealkylation sites (N-methyl/N-ethyl adjacent to an activating group) is 1. The van der Waals surface area contributed by atoms with Crippen molar-refractivity contribution in [3.63, 3.8) is 0 Å². The van der Waals surface area contributed by atoms with Crippen molar-refractivity contribution in [2.75, 3.05) is 47.0 Å². The number of methoxy groups -OCH3 is 1. The number of amides is 4. The van der Waals surface area contributed by atoms with Crippen LogP contribution in [0.2, 0.25) is 0 Å². The lowest BCUT2D eigenvalue weighted by atomic mass is 9.84. The fourth-order valence-electron chi connectivity index (χ4n) is 9.83. The van der Waals surface area contributed by atoms with Crippen LogP contribution in [0, 0.1) is 16.7 Å². The quantitative estimate of drug-likeness (QED) is 0.182. The van der Waals surface area contributed by atoms with Crippen LogP contribution in [0.1, 0.15) is 89.6 Å². The van der Waals surface area contributed by atoms with E-state index in [4.69, 9.17) is 19.4 Å². The van der Waals surface area contributed by atoms with Gasteiger partial charge in [-0.25, -0.2) is 15.2 Å². The van der Waals surface area contributed by atoms with Gasteiger partial charge in [-0.1, -0.05) is 33.8 Å². The average molecular weight is 867 g/mol. The van der Waals surface area contributed by atoms with Crippen molar-refractivity contribution in [1.29, 1.82) is 0 Å². The second-order valence-corrected chi connectivity index (χ2v) is 20.2. The van der Waals surface area contributed by atoms with Gasteiger partial charge >= 0.3 is 6.03 Å². The monoisotopic (exact) mass is 866 g/mol. The molecule has 332 valence electrons. The van der Waals surface area contributed by atoms with Crippen molar-refractivity contribution in [2.24, 2.45) is 16.7 Å². The van der Waals surface area contributed by atoms with Gasteiger partial charge in [0.15, 0.2) is 0 Å². The largest absolute Gasteiger partial charge is 0.378 e. The van der Waals surface area contributed by atoms with Crippen LogP contribution in [0.5, 0.6) is 0 Å². The van der Waals surface area contributed by atoms with Crippen LogP contribution >= 0.6 is 11.3 Å². The number of nitrogens with one attached hydrogen (secondary N) is 2. The molecule has 14 nitrogen and oxygen atoms in total. The number of benzene rings is 1. The summed E-state index contributed by atoms with van der Waals surface area (Å²) in [6, 6.07) is 8.54. The Hall–Kier alpha value is -4.70. The highest BCUT2D eigenvalue weighted by Crippen LogP contribution is 2.53. The number of hydrazine groups is 1. The minimum Gasteiger partial charge on any atom is -0.378 e. The van der Waals surface area contributed by atoms with Crippen molar-refractivity contribution in [3.8, 4) is 22.5 Å². The third-order valence-electron chi connectivity index (χ3n) is 13.4. The zero-order valence-electron chi connectivity index (χ0n) is 37.5. The normalized spacial score (nSPS) is 23.1. The number of carbonyl (C=O) groups is 4. The van der Waals surface area contributed by atoms with Crippen molar-refractivity contribution in [2.45, 2.75) is 110 Å². The van der Waals surface area contributed by atoms with E-state index in [1.165, 1.54) is 21.2 Å². The van der Waals surface area contributed by atoms with Gasteiger partial charge in [0, 0.05) is 85.8 Å². The first-order valence-corrected chi connectivity index (χ1v) is 23.0. The molecule has 62 heavy (non-hydrogen) atoms.